The molecule has 0 spiro atoms. The Morgan fingerprint density at radius 2 is 1.58 bits per heavy atom. The van der Waals surface area contributed by atoms with Crippen molar-refractivity contribution in [1.82, 2.24) is 4.90 Å². The highest BCUT2D eigenvalue weighted by molar-refractivity contribution is 5.97. The Bertz CT molecular complexity index is 674. The number of Topliss-reactive ketones (excluding diaryl/α,β-unsaturated/α-hetero) is 1. The topological polar surface area (TPSA) is 23.6 Å². The Labute approximate surface area is 142 Å². The molecule has 2 aromatic rings. The van der Waals surface area contributed by atoms with Crippen LogP contribution in [0.3, 0.4) is 0 Å². The van der Waals surface area contributed by atoms with Gasteiger partial charge in [-0.15, -0.1) is 0 Å². The molecule has 0 aliphatic carbocycles. The van der Waals surface area contributed by atoms with Gasteiger partial charge in [-0.25, -0.2) is 4.39 Å². The molecular formula is C20H23FN2O. The number of nitrogens with zero attached hydrogens (tertiary/aromatic N) is 2. The average molecular weight is 326 g/mol. The Morgan fingerprint density at radius 1 is 0.958 bits per heavy atom. The van der Waals surface area contributed by atoms with Crippen molar-refractivity contribution in [2.45, 2.75) is 13.3 Å². The maximum Gasteiger partial charge on any atom is 0.176 e. The third kappa shape index (κ3) is 4.01. The van der Waals surface area contributed by atoms with Gasteiger partial charge in [-0.1, -0.05) is 31.2 Å². The minimum absolute atomic E-state index is 0.174. The van der Waals surface area contributed by atoms with Crippen LogP contribution in [0.15, 0.2) is 48.5 Å². The molecule has 0 aromatic heterocycles. The number of ketones is 1. The second-order valence-corrected chi connectivity index (χ2v) is 6.21. The molecular weight excluding hydrogens is 303 g/mol. The van der Waals surface area contributed by atoms with Gasteiger partial charge in [0.2, 0.25) is 0 Å². The number of aryl methyl sites for hydroxylation is 1. The molecule has 3 nitrogen and oxygen atoms in total. The number of carbonyl (C=O) groups excluding carboxylic acids is 1. The van der Waals surface area contributed by atoms with Crippen molar-refractivity contribution < 1.29 is 9.18 Å². The summed E-state index contributed by atoms with van der Waals surface area (Å²) in [5.41, 5.74) is 3.07. The van der Waals surface area contributed by atoms with Crippen molar-refractivity contribution >= 4 is 11.5 Å². The van der Waals surface area contributed by atoms with Gasteiger partial charge < -0.3 is 4.90 Å². The molecule has 2 aromatic carbocycles. The summed E-state index contributed by atoms with van der Waals surface area (Å²) in [4.78, 5) is 16.8. The van der Waals surface area contributed by atoms with E-state index in [1.165, 1.54) is 17.7 Å². The van der Waals surface area contributed by atoms with Crippen LogP contribution in [0.5, 0.6) is 0 Å². The highest BCUT2D eigenvalue weighted by Crippen LogP contribution is 2.17. The quantitative estimate of drug-likeness (QED) is 0.787. The van der Waals surface area contributed by atoms with Gasteiger partial charge in [0.1, 0.15) is 5.82 Å². The summed E-state index contributed by atoms with van der Waals surface area (Å²) in [7, 11) is 0. The number of piperazine rings is 1. The first-order valence-corrected chi connectivity index (χ1v) is 8.50. The average Bonchev–Trinajstić information content (AvgIpc) is 2.63. The molecule has 4 heteroatoms. The lowest BCUT2D eigenvalue weighted by atomic mass is 10.1. The zero-order valence-electron chi connectivity index (χ0n) is 14.0. The van der Waals surface area contributed by atoms with Crippen LogP contribution in [0.1, 0.15) is 22.8 Å². The summed E-state index contributed by atoms with van der Waals surface area (Å²) in [5, 5.41) is 0. The minimum Gasteiger partial charge on any atom is -0.369 e. The molecule has 1 heterocycles. The van der Waals surface area contributed by atoms with Crippen LogP contribution < -0.4 is 4.90 Å². The predicted molar refractivity (Wildman–Crippen MR) is 95.2 cm³/mol. The van der Waals surface area contributed by atoms with E-state index in [1.54, 1.807) is 0 Å². The zero-order chi connectivity index (χ0) is 16.9. The van der Waals surface area contributed by atoms with Crippen LogP contribution in [-0.4, -0.2) is 43.4 Å². The highest BCUT2D eigenvalue weighted by Gasteiger charge is 2.19. The van der Waals surface area contributed by atoms with Gasteiger partial charge in [-0.05, 0) is 36.2 Å². The third-order valence-corrected chi connectivity index (χ3v) is 4.62. The van der Waals surface area contributed by atoms with Crippen molar-refractivity contribution in [1.29, 1.82) is 0 Å². The Morgan fingerprint density at radius 3 is 2.17 bits per heavy atom. The van der Waals surface area contributed by atoms with Gasteiger partial charge in [0.05, 0.1) is 6.54 Å². The van der Waals surface area contributed by atoms with E-state index in [1.807, 2.05) is 36.4 Å². The minimum atomic E-state index is -0.211. The van der Waals surface area contributed by atoms with Crippen molar-refractivity contribution in [3.8, 4) is 0 Å². The molecule has 1 aliphatic rings. The SMILES string of the molecule is CCc1ccc(C(=O)CN2CCN(c3ccc(F)cc3)CC2)cc1. The Balaban J connectivity index is 1.52. The number of carbonyl (C=O) groups is 1. The Hall–Kier alpha value is -2.20. The van der Waals surface area contributed by atoms with Crippen molar-refractivity contribution in [3.05, 3.63) is 65.5 Å². The van der Waals surface area contributed by atoms with Gasteiger partial charge in [-0.2, -0.15) is 0 Å². The number of anilines is 1. The van der Waals surface area contributed by atoms with Crippen LogP contribution in [0.25, 0.3) is 0 Å². The second-order valence-electron chi connectivity index (χ2n) is 6.21. The van der Waals surface area contributed by atoms with Crippen LogP contribution in [0, 0.1) is 5.82 Å². The van der Waals surface area contributed by atoms with Gasteiger partial charge in [0.15, 0.2) is 5.78 Å². The lowest BCUT2D eigenvalue weighted by Gasteiger charge is -2.35. The van der Waals surface area contributed by atoms with Crippen LogP contribution >= 0.6 is 0 Å². The molecule has 24 heavy (non-hydrogen) atoms. The zero-order valence-corrected chi connectivity index (χ0v) is 14.0. The molecule has 126 valence electrons. The van der Waals surface area contributed by atoms with Crippen molar-refractivity contribution in [3.63, 3.8) is 0 Å². The lowest BCUT2D eigenvalue weighted by molar-refractivity contribution is 0.0926. The van der Waals surface area contributed by atoms with Crippen LogP contribution in [0.2, 0.25) is 0 Å². The van der Waals surface area contributed by atoms with Crippen molar-refractivity contribution in [2.24, 2.45) is 0 Å². The standard InChI is InChI=1S/C20H23FN2O/c1-2-16-3-5-17(6-4-16)20(24)15-22-11-13-23(14-12-22)19-9-7-18(21)8-10-19/h3-10H,2,11-15H2,1H3. The number of rotatable bonds is 5. The predicted octanol–water partition coefficient (Wildman–Crippen LogP) is 3.39. The summed E-state index contributed by atoms with van der Waals surface area (Å²) in [5.74, 6) is -0.0371. The molecule has 1 fully saturated rings. The molecule has 1 aliphatic heterocycles. The smallest absolute Gasteiger partial charge is 0.176 e. The lowest BCUT2D eigenvalue weighted by Crippen LogP contribution is -2.48. The van der Waals surface area contributed by atoms with Gasteiger partial charge in [-0.3, -0.25) is 9.69 Å². The Kier molecular flexibility index (Phi) is 5.26. The molecule has 0 N–H and O–H groups in total. The molecule has 0 saturated carbocycles. The normalized spacial score (nSPS) is 15.5. The highest BCUT2D eigenvalue weighted by atomic mass is 19.1. The van der Waals surface area contributed by atoms with Crippen LogP contribution in [-0.2, 0) is 6.42 Å². The van der Waals surface area contributed by atoms with E-state index in [0.29, 0.717) is 6.54 Å². The molecule has 0 atom stereocenters. The van der Waals surface area contributed by atoms with E-state index >= 15 is 0 Å². The maximum absolute atomic E-state index is 13.0. The molecule has 0 bridgehead atoms. The van der Waals surface area contributed by atoms with E-state index < -0.39 is 0 Å². The molecule has 3 rings (SSSR count). The molecule has 0 unspecified atom stereocenters. The first-order valence-electron chi connectivity index (χ1n) is 8.50. The van der Waals surface area contributed by atoms with E-state index in [9.17, 15) is 9.18 Å². The fraction of sp³-hybridized carbons (Fsp3) is 0.350. The number of hydrogen-bond donors (Lipinski definition) is 0. The van der Waals surface area contributed by atoms with E-state index in [2.05, 4.69) is 16.7 Å². The first-order chi connectivity index (χ1) is 11.7. The number of benzene rings is 2. The number of hydrogen-bond acceptors (Lipinski definition) is 3. The fourth-order valence-electron chi connectivity index (χ4n) is 3.04. The monoisotopic (exact) mass is 326 g/mol. The maximum atomic E-state index is 13.0. The van der Waals surface area contributed by atoms with Gasteiger partial charge >= 0.3 is 0 Å². The van der Waals surface area contributed by atoms with E-state index in [-0.39, 0.29) is 11.6 Å². The van der Waals surface area contributed by atoms with Crippen LogP contribution in [0.4, 0.5) is 10.1 Å². The molecule has 0 amide bonds. The van der Waals surface area contributed by atoms with Gasteiger partial charge in [0, 0.05) is 37.4 Å². The van der Waals surface area contributed by atoms with Gasteiger partial charge in [0.25, 0.3) is 0 Å². The summed E-state index contributed by atoms with van der Waals surface area (Å²) in [6.07, 6.45) is 0.986. The second kappa shape index (κ2) is 7.58. The summed E-state index contributed by atoms with van der Waals surface area (Å²) >= 11 is 0. The molecule has 1 saturated heterocycles. The summed E-state index contributed by atoms with van der Waals surface area (Å²) in [6.45, 7) is 5.97. The third-order valence-electron chi connectivity index (χ3n) is 4.62. The first kappa shape index (κ1) is 16.7. The van der Waals surface area contributed by atoms with Crippen molar-refractivity contribution in [2.75, 3.05) is 37.6 Å². The largest absolute Gasteiger partial charge is 0.369 e. The molecule has 0 radical (unpaired) electrons. The van der Waals surface area contributed by atoms with E-state index in [0.717, 1.165) is 43.9 Å². The van der Waals surface area contributed by atoms with E-state index in [4.69, 9.17) is 0 Å². The fourth-order valence-corrected chi connectivity index (χ4v) is 3.04. The number of halogens is 1. The summed E-state index contributed by atoms with van der Waals surface area (Å²) < 4.78 is 13.0. The summed E-state index contributed by atoms with van der Waals surface area (Å²) in [6, 6.07) is 14.5.